The Balaban J connectivity index is 2.43. The Morgan fingerprint density at radius 3 is 1.96 bits per heavy atom. The van der Waals surface area contributed by atoms with Crippen molar-refractivity contribution >= 4 is 23.9 Å². The van der Waals surface area contributed by atoms with Gasteiger partial charge in [0.05, 0.1) is 32.0 Å². The van der Waals surface area contributed by atoms with Gasteiger partial charge in [0, 0.05) is 14.1 Å². The van der Waals surface area contributed by atoms with E-state index in [1.807, 2.05) is 0 Å². The number of carbonyl (C=O) groups is 4. The highest BCUT2D eigenvalue weighted by molar-refractivity contribution is 6.21. The van der Waals surface area contributed by atoms with Crippen LogP contribution in [-0.2, 0) is 23.9 Å². The van der Waals surface area contributed by atoms with Crippen molar-refractivity contribution in [2.45, 2.75) is 11.2 Å². The molecule has 2 fully saturated rings. The van der Waals surface area contributed by atoms with Gasteiger partial charge in [0.1, 0.15) is 0 Å². The molecule has 0 bridgehead atoms. The first-order valence-corrected chi connectivity index (χ1v) is 7.55. The van der Waals surface area contributed by atoms with Gasteiger partial charge in [0.25, 0.3) is 5.91 Å². The Hall–Kier alpha value is -2.46. The zero-order chi connectivity index (χ0) is 18.9. The van der Waals surface area contributed by atoms with Crippen LogP contribution < -0.4 is 0 Å². The topological polar surface area (TPSA) is 99.7 Å². The summed E-state index contributed by atoms with van der Waals surface area (Å²) in [5.74, 6) is -2.17. The van der Waals surface area contributed by atoms with Gasteiger partial charge in [-0.05, 0) is 14.1 Å². The van der Waals surface area contributed by atoms with E-state index < -0.39 is 35.1 Å². The van der Waals surface area contributed by atoms with Crippen LogP contribution in [-0.4, -0.2) is 104 Å². The maximum Gasteiger partial charge on any atom is 0.338 e. The van der Waals surface area contributed by atoms with E-state index in [1.165, 1.54) is 33.2 Å². The maximum absolute atomic E-state index is 13.2. The van der Waals surface area contributed by atoms with Crippen molar-refractivity contribution in [1.29, 1.82) is 0 Å². The van der Waals surface area contributed by atoms with E-state index in [-0.39, 0.29) is 17.8 Å². The third-order valence-electron chi connectivity index (χ3n) is 5.47. The molecule has 0 spiro atoms. The normalized spacial score (nSPS) is 32.4. The summed E-state index contributed by atoms with van der Waals surface area (Å²) in [5, 5.41) is 0. The van der Waals surface area contributed by atoms with E-state index in [9.17, 15) is 19.2 Å². The second kappa shape index (κ2) is 5.02. The van der Waals surface area contributed by atoms with E-state index in [0.29, 0.717) is 0 Å². The van der Waals surface area contributed by atoms with Crippen molar-refractivity contribution in [2.24, 2.45) is 0 Å². The summed E-state index contributed by atoms with van der Waals surface area (Å²) in [6.45, 7) is 0.248. The number of hydrogen-bond donors (Lipinski definition) is 0. The number of nitrogens with zero attached hydrogens (tertiary/aromatic N) is 4. The second-order valence-electron chi connectivity index (χ2n) is 6.36. The number of ether oxygens (including phenoxy) is 2. The lowest BCUT2D eigenvalue weighted by atomic mass is 9.58. The van der Waals surface area contributed by atoms with E-state index >= 15 is 0 Å². The van der Waals surface area contributed by atoms with Crippen molar-refractivity contribution in [3.63, 3.8) is 0 Å². The molecule has 0 aromatic carbocycles. The fraction of sp³-hybridized carbons (Fsp3) is 0.600. The number of likely N-dealkylation sites (N-methyl/N-ethyl adjacent to an activating group) is 4. The summed E-state index contributed by atoms with van der Waals surface area (Å²) in [7, 11) is 8.52. The maximum atomic E-state index is 13.2. The molecule has 3 rings (SSSR count). The highest BCUT2D eigenvalue weighted by Crippen LogP contribution is 2.61. The molecule has 10 nitrogen and oxygen atoms in total. The first-order chi connectivity index (χ1) is 11.6. The zero-order valence-corrected chi connectivity index (χ0v) is 14.9. The number of urea groups is 1. The van der Waals surface area contributed by atoms with Crippen LogP contribution in [0, 0.1) is 0 Å². The highest BCUT2D eigenvalue weighted by Gasteiger charge is 2.84. The zero-order valence-electron chi connectivity index (χ0n) is 14.9. The number of rotatable bonds is 2. The van der Waals surface area contributed by atoms with Gasteiger partial charge in [-0.1, -0.05) is 0 Å². The number of carbonyl (C=O) groups excluding carboxylic acids is 4. The van der Waals surface area contributed by atoms with Crippen molar-refractivity contribution in [1.82, 2.24) is 19.6 Å². The molecule has 136 valence electrons. The lowest BCUT2D eigenvalue weighted by molar-refractivity contribution is -0.165. The van der Waals surface area contributed by atoms with Crippen LogP contribution in [0.5, 0.6) is 0 Å². The summed E-state index contributed by atoms with van der Waals surface area (Å²) in [4.78, 5) is 56.4. The lowest BCUT2D eigenvalue weighted by Crippen LogP contribution is -2.87. The summed E-state index contributed by atoms with van der Waals surface area (Å²) in [6, 6.07) is -0.576. The van der Waals surface area contributed by atoms with Crippen LogP contribution in [0.2, 0.25) is 0 Å². The molecule has 2 saturated heterocycles. The SMILES string of the molecule is COC(=O)C1=C(C(=O)OC)C23N(C)CN(C)C12C(=O)N(C)C(=O)N3C. The quantitative estimate of drug-likeness (QED) is 0.550. The average Bonchev–Trinajstić information content (AvgIpc) is 2.76. The van der Waals surface area contributed by atoms with Gasteiger partial charge in [-0.2, -0.15) is 0 Å². The van der Waals surface area contributed by atoms with E-state index in [0.717, 1.165) is 4.90 Å². The minimum atomic E-state index is -1.53. The fourth-order valence-electron chi connectivity index (χ4n) is 4.58. The standard InChI is InChI=1S/C15H20N4O6/c1-16-7-17(2)15-9(11(21)25-6)8(10(20)24-5)14(15,16)12(22)18(3)13(23)19(15)4/h7H2,1-6H3. The minimum Gasteiger partial charge on any atom is -0.466 e. The van der Waals surface area contributed by atoms with Gasteiger partial charge < -0.3 is 14.4 Å². The molecule has 0 aromatic heterocycles. The van der Waals surface area contributed by atoms with Crippen LogP contribution >= 0.6 is 0 Å². The van der Waals surface area contributed by atoms with Crippen molar-refractivity contribution < 1.29 is 28.7 Å². The van der Waals surface area contributed by atoms with Crippen LogP contribution in [0.25, 0.3) is 0 Å². The Kier molecular flexibility index (Phi) is 3.49. The number of esters is 2. The summed E-state index contributed by atoms with van der Waals surface area (Å²) >= 11 is 0. The second-order valence-corrected chi connectivity index (χ2v) is 6.36. The first kappa shape index (κ1) is 17.4. The van der Waals surface area contributed by atoms with Crippen LogP contribution in [0.3, 0.4) is 0 Å². The molecular formula is C15H20N4O6. The van der Waals surface area contributed by atoms with Crippen LogP contribution in [0.4, 0.5) is 4.79 Å². The molecule has 0 radical (unpaired) electrons. The molecule has 1 aliphatic carbocycles. The van der Waals surface area contributed by atoms with E-state index in [2.05, 4.69) is 0 Å². The highest BCUT2D eigenvalue weighted by atomic mass is 16.5. The third kappa shape index (κ3) is 1.48. The fourth-order valence-corrected chi connectivity index (χ4v) is 4.58. The van der Waals surface area contributed by atoms with Gasteiger partial charge >= 0.3 is 18.0 Å². The Morgan fingerprint density at radius 2 is 1.44 bits per heavy atom. The molecule has 2 unspecified atom stereocenters. The predicted molar refractivity (Wildman–Crippen MR) is 82.8 cm³/mol. The summed E-state index contributed by atoms with van der Waals surface area (Å²) < 4.78 is 9.68. The minimum absolute atomic E-state index is 0.0500. The van der Waals surface area contributed by atoms with Gasteiger partial charge in [-0.15, -0.1) is 0 Å². The van der Waals surface area contributed by atoms with Crippen molar-refractivity contribution in [3.8, 4) is 0 Å². The molecule has 0 aromatic rings. The molecule has 0 saturated carbocycles. The third-order valence-corrected chi connectivity index (χ3v) is 5.47. The molecule has 2 aliphatic heterocycles. The Labute approximate surface area is 144 Å². The molecule has 0 N–H and O–H groups in total. The summed E-state index contributed by atoms with van der Waals surface area (Å²) in [6.07, 6.45) is 0. The molecule has 2 heterocycles. The van der Waals surface area contributed by atoms with Gasteiger partial charge in [-0.25, -0.2) is 14.4 Å². The molecule has 2 atom stereocenters. The number of hydrogen-bond acceptors (Lipinski definition) is 8. The number of amides is 3. The van der Waals surface area contributed by atoms with Gasteiger partial charge in [-0.3, -0.25) is 19.5 Å². The average molecular weight is 352 g/mol. The van der Waals surface area contributed by atoms with Gasteiger partial charge in [0.2, 0.25) is 0 Å². The number of methoxy groups -OCH3 is 2. The van der Waals surface area contributed by atoms with E-state index in [1.54, 1.807) is 23.9 Å². The van der Waals surface area contributed by atoms with Crippen LogP contribution in [0.1, 0.15) is 0 Å². The summed E-state index contributed by atoms with van der Waals surface area (Å²) in [5.41, 5.74) is -3.11. The van der Waals surface area contributed by atoms with Crippen molar-refractivity contribution in [3.05, 3.63) is 11.1 Å². The van der Waals surface area contributed by atoms with Crippen molar-refractivity contribution in [2.75, 3.05) is 49.1 Å². The first-order valence-electron chi connectivity index (χ1n) is 7.55. The molecule has 25 heavy (non-hydrogen) atoms. The Bertz CT molecular complexity index is 748. The predicted octanol–water partition coefficient (Wildman–Crippen LogP) is -1.56. The number of imide groups is 1. The van der Waals surface area contributed by atoms with E-state index in [4.69, 9.17) is 9.47 Å². The smallest absolute Gasteiger partial charge is 0.338 e. The Morgan fingerprint density at radius 1 is 0.920 bits per heavy atom. The van der Waals surface area contributed by atoms with Gasteiger partial charge in [0.15, 0.2) is 11.2 Å². The molecular weight excluding hydrogens is 332 g/mol. The molecule has 10 heteroatoms. The molecule has 3 aliphatic rings. The monoisotopic (exact) mass is 352 g/mol. The van der Waals surface area contributed by atoms with Crippen LogP contribution in [0.15, 0.2) is 11.1 Å². The lowest BCUT2D eigenvalue weighted by Gasteiger charge is -2.63. The molecule has 3 amide bonds. The largest absolute Gasteiger partial charge is 0.466 e.